The Hall–Kier alpha value is -1.60. The normalized spacial score (nSPS) is 15.5. The molecule has 8 heteroatoms. The van der Waals surface area contributed by atoms with E-state index >= 15 is 0 Å². The molecule has 0 aliphatic heterocycles. The summed E-state index contributed by atoms with van der Waals surface area (Å²) in [6.07, 6.45) is -1.75. The zero-order valence-electron chi connectivity index (χ0n) is 10.7. The molecule has 0 unspecified atom stereocenters. The fourth-order valence-corrected chi connectivity index (χ4v) is 2.39. The summed E-state index contributed by atoms with van der Waals surface area (Å²) in [6, 6.07) is 2.13. The van der Waals surface area contributed by atoms with Gasteiger partial charge in [0, 0.05) is 17.7 Å². The number of aliphatic hydroxyl groups is 1. The van der Waals surface area contributed by atoms with Crippen LogP contribution in [0.3, 0.4) is 0 Å². The van der Waals surface area contributed by atoms with Crippen molar-refractivity contribution in [3.05, 3.63) is 40.3 Å². The Morgan fingerprint density at radius 1 is 1.33 bits per heavy atom. The third kappa shape index (κ3) is 2.63. The van der Waals surface area contributed by atoms with Gasteiger partial charge in [-0.15, -0.1) is 0 Å². The van der Waals surface area contributed by atoms with Gasteiger partial charge in [-0.2, -0.15) is 18.3 Å². The van der Waals surface area contributed by atoms with Crippen LogP contribution in [0.1, 0.15) is 35.6 Å². The van der Waals surface area contributed by atoms with Gasteiger partial charge < -0.3 is 5.11 Å². The zero-order valence-corrected chi connectivity index (χ0v) is 11.5. The van der Waals surface area contributed by atoms with Gasteiger partial charge in [0.1, 0.15) is 5.15 Å². The van der Waals surface area contributed by atoms with Crippen LogP contribution in [0.25, 0.3) is 5.82 Å². The largest absolute Gasteiger partial charge is 0.417 e. The van der Waals surface area contributed by atoms with E-state index in [0.29, 0.717) is 11.3 Å². The minimum atomic E-state index is -4.44. The topological polar surface area (TPSA) is 50.9 Å². The van der Waals surface area contributed by atoms with E-state index in [9.17, 15) is 18.3 Å². The average molecular weight is 318 g/mol. The summed E-state index contributed by atoms with van der Waals surface area (Å²) < 4.78 is 38.8. The second kappa shape index (κ2) is 4.99. The van der Waals surface area contributed by atoms with Crippen molar-refractivity contribution in [2.75, 3.05) is 0 Å². The Morgan fingerprint density at radius 2 is 2.05 bits per heavy atom. The summed E-state index contributed by atoms with van der Waals surface area (Å²) >= 11 is 6.14. The first-order chi connectivity index (χ1) is 9.91. The monoisotopic (exact) mass is 317 g/mol. The quantitative estimate of drug-likeness (QED) is 0.945. The number of halogens is 4. The summed E-state index contributed by atoms with van der Waals surface area (Å²) in [7, 11) is 0. The lowest BCUT2D eigenvalue weighted by atomic mass is 10.2. The molecule has 0 saturated heterocycles. The molecule has 0 radical (unpaired) electrons. The molecule has 0 bridgehead atoms. The van der Waals surface area contributed by atoms with Gasteiger partial charge >= 0.3 is 6.18 Å². The highest BCUT2D eigenvalue weighted by Crippen LogP contribution is 2.43. The molecule has 1 fully saturated rings. The molecule has 112 valence electrons. The lowest BCUT2D eigenvalue weighted by Crippen LogP contribution is -2.07. The molecule has 2 heterocycles. The van der Waals surface area contributed by atoms with E-state index in [4.69, 9.17) is 11.6 Å². The van der Waals surface area contributed by atoms with Crippen LogP contribution in [0.15, 0.2) is 18.3 Å². The van der Waals surface area contributed by atoms with Crippen molar-refractivity contribution in [1.29, 1.82) is 0 Å². The third-order valence-corrected chi connectivity index (χ3v) is 3.75. The molecule has 0 aromatic carbocycles. The van der Waals surface area contributed by atoms with Gasteiger partial charge in [-0.05, 0) is 25.0 Å². The minimum Gasteiger partial charge on any atom is -0.391 e. The maximum absolute atomic E-state index is 12.5. The van der Waals surface area contributed by atoms with Crippen molar-refractivity contribution >= 4 is 11.6 Å². The lowest BCUT2D eigenvalue weighted by Gasteiger charge is -2.07. The molecule has 0 spiro atoms. The van der Waals surface area contributed by atoms with Crippen molar-refractivity contribution in [3.8, 4) is 5.82 Å². The minimum absolute atomic E-state index is 0.187. The fourth-order valence-electron chi connectivity index (χ4n) is 2.11. The molecule has 2 aromatic rings. The van der Waals surface area contributed by atoms with Crippen LogP contribution >= 0.6 is 11.6 Å². The number of hydrogen-bond donors (Lipinski definition) is 1. The summed E-state index contributed by atoms with van der Waals surface area (Å²) in [5.74, 6) is 0.454. The third-order valence-electron chi connectivity index (χ3n) is 3.37. The van der Waals surface area contributed by atoms with Gasteiger partial charge in [-0.25, -0.2) is 9.67 Å². The number of alkyl halides is 3. The number of rotatable bonds is 3. The first-order valence-corrected chi connectivity index (χ1v) is 6.71. The molecular weight excluding hydrogens is 307 g/mol. The Balaban J connectivity index is 2.00. The molecular formula is C13H11ClF3N3O. The first kappa shape index (κ1) is 14.3. The van der Waals surface area contributed by atoms with E-state index in [1.54, 1.807) is 0 Å². The molecule has 4 nitrogen and oxygen atoms in total. The number of nitrogens with zero attached hydrogens (tertiary/aromatic N) is 3. The lowest BCUT2D eigenvalue weighted by molar-refractivity contribution is -0.137. The fraction of sp³-hybridized carbons (Fsp3) is 0.385. The summed E-state index contributed by atoms with van der Waals surface area (Å²) in [6.45, 7) is -0.259. The van der Waals surface area contributed by atoms with Crippen LogP contribution in [-0.4, -0.2) is 19.9 Å². The number of pyridine rings is 1. The van der Waals surface area contributed by atoms with Gasteiger partial charge in [0.2, 0.25) is 0 Å². The molecule has 3 rings (SSSR count). The molecule has 1 N–H and O–H groups in total. The molecule has 21 heavy (non-hydrogen) atoms. The van der Waals surface area contributed by atoms with E-state index in [1.165, 1.54) is 10.7 Å². The van der Waals surface area contributed by atoms with Crippen molar-refractivity contribution in [2.45, 2.75) is 31.5 Å². The predicted octanol–water partition coefficient (Wildman–Crippen LogP) is 3.31. The Bertz CT molecular complexity index is 663. The predicted molar refractivity (Wildman–Crippen MR) is 69.3 cm³/mol. The molecule has 1 aliphatic carbocycles. The van der Waals surface area contributed by atoms with Crippen molar-refractivity contribution in [2.24, 2.45) is 0 Å². The van der Waals surface area contributed by atoms with Gasteiger partial charge in [-0.1, -0.05) is 11.6 Å². The van der Waals surface area contributed by atoms with Crippen LogP contribution in [0, 0.1) is 0 Å². The maximum atomic E-state index is 12.5. The zero-order chi connectivity index (χ0) is 15.2. The van der Waals surface area contributed by atoms with E-state index in [-0.39, 0.29) is 23.5 Å². The summed E-state index contributed by atoms with van der Waals surface area (Å²) in [5, 5.41) is 13.9. The van der Waals surface area contributed by atoms with Crippen LogP contribution in [0.5, 0.6) is 0 Å². The van der Waals surface area contributed by atoms with Crippen molar-refractivity contribution in [3.63, 3.8) is 0 Å². The Labute approximate surface area is 123 Å². The first-order valence-electron chi connectivity index (χ1n) is 6.33. The molecule has 0 atom stereocenters. The van der Waals surface area contributed by atoms with Gasteiger partial charge in [0.15, 0.2) is 5.82 Å². The summed E-state index contributed by atoms with van der Waals surface area (Å²) in [4.78, 5) is 3.76. The second-order valence-corrected chi connectivity index (χ2v) is 5.26. The standard InChI is InChI=1S/C13H11ClF3N3O/c14-12-9(6-21)11(7-1-2-7)19-20(12)10-4-3-8(5-18-10)13(15,16)17/h3-5,7,21H,1-2,6H2. The summed E-state index contributed by atoms with van der Waals surface area (Å²) in [5.41, 5.74) is 0.379. The smallest absolute Gasteiger partial charge is 0.391 e. The van der Waals surface area contributed by atoms with Crippen LogP contribution in [-0.2, 0) is 12.8 Å². The van der Waals surface area contributed by atoms with Gasteiger partial charge in [-0.3, -0.25) is 0 Å². The Kier molecular flexibility index (Phi) is 3.41. The Morgan fingerprint density at radius 3 is 2.52 bits per heavy atom. The number of hydrogen-bond acceptors (Lipinski definition) is 3. The highest BCUT2D eigenvalue weighted by molar-refractivity contribution is 6.30. The average Bonchev–Trinajstić information content (AvgIpc) is 3.22. The van der Waals surface area contributed by atoms with Crippen LogP contribution in [0.2, 0.25) is 5.15 Å². The number of aliphatic hydroxyl groups excluding tert-OH is 1. The van der Waals surface area contributed by atoms with Crippen molar-refractivity contribution < 1.29 is 18.3 Å². The highest BCUT2D eigenvalue weighted by Gasteiger charge is 2.33. The van der Waals surface area contributed by atoms with E-state index in [0.717, 1.165) is 25.1 Å². The second-order valence-electron chi connectivity index (χ2n) is 4.90. The maximum Gasteiger partial charge on any atom is 0.417 e. The van der Waals surface area contributed by atoms with Gasteiger partial charge in [0.05, 0.1) is 17.9 Å². The van der Waals surface area contributed by atoms with E-state index in [2.05, 4.69) is 10.1 Å². The number of aromatic nitrogens is 3. The molecule has 1 aliphatic rings. The van der Waals surface area contributed by atoms with Crippen molar-refractivity contribution in [1.82, 2.24) is 14.8 Å². The van der Waals surface area contributed by atoms with Gasteiger partial charge in [0.25, 0.3) is 0 Å². The van der Waals surface area contributed by atoms with E-state index in [1.807, 2.05) is 0 Å². The molecule has 0 amide bonds. The van der Waals surface area contributed by atoms with Crippen LogP contribution < -0.4 is 0 Å². The molecule has 2 aromatic heterocycles. The van der Waals surface area contributed by atoms with E-state index < -0.39 is 11.7 Å². The molecule has 1 saturated carbocycles. The van der Waals surface area contributed by atoms with Crippen LogP contribution in [0.4, 0.5) is 13.2 Å². The highest BCUT2D eigenvalue weighted by atomic mass is 35.5. The SMILES string of the molecule is OCc1c(C2CC2)nn(-c2ccc(C(F)(F)F)cn2)c1Cl.